The van der Waals surface area contributed by atoms with E-state index in [1.54, 1.807) is 12.3 Å². The molecular weight excluding hydrogens is 200 g/mol. The first kappa shape index (κ1) is 10.4. The van der Waals surface area contributed by atoms with Crippen LogP contribution in [0.25, 0.3) is 16.8 Å². The Hall–Kier alpha value is -2.16. The molecule has 0 unspecified atom stereocenters. The monoisotopic (exact) mass is 212 g/mol. The van der Waals surface area contributed by atoms with Gasteiger partial charge in [-0.1, -0.05) is 30.3 Å². The van der Waals surface area contributed by atoms with Crippen LogP contribution in [-0.4, -0.2) is 10.9 Å². The summed E-state index contributed by atoms with van der Waals surface area (Å²) >= 11 is 0. The Morgan fingerprint density at radius 3 is 2.94 bits per heavy atom. The highest BCUT2D eigenvalue weighted by Gasteiger charge is 1.97. The number of aromatic nitrogens is 1. The molecule has 1 aromatic carbocycles. The van der Waals surface area contributed by atoms with Gasteiger partial charge in [-0.2, -0.15) is 0 Å². The average molecular weight is 212 g/mol. The summed E-state index contributed by atoms with van der Waals surface area (Å²) in [4.78, 5) is 14.9. The SMILES string of the molecule is NC(=O)CC=Cc1nccc2ccccc12. The zero-order valence-electron chi connectivity index (χ0n) is 8.76. The van der Waals surface area contributed by atoms with E-state index in [-0.39, 0.29) is 12.3 Å². The third kappa shape index (κ3) is 2.25. The highest BCUT2D eigenvalue weighted by Crippen LogP contribution is 2.17. The van der Waals surface area contributed by atoms with Crippen molar-refractivity contribution < 1.29 is 4.79 Å². The topological polar surface area (TPSA) is 56.0 Å². The number of benzene rings is 1. The van der Waals surface area contributed by atoms with Crippen LogP contribution in [0.5, 0.6) is 0 Å². The highest BCUT2D eigenvalue weighted by molar-refractivity contribution is 5.89. The molecule has 3 heteroatoms. The van der Waals surface area contributed by atoms with Gasteiger partial charge in [-0.15, -0.1) is 0 Å². The number of hydrogen-bond acceptors (Lipinski definition) is 2. The van der Waals surface area contributed by atoms with Gasteiger partial charge in [0.05, 0.1) is 5.69 Å². The molecule has 0 atom stereocenters. The minimum atomic E-state index is -0.337. The molecule has 0 saturated carbocycles. The molecule has 2 rings (SSSR count). The third-order valence-electron chi connectivity index (χ3n) is 2.30. The minimum absolute atomic E-state index is 0.241. The fourth-order valence-electron chi connectivity index (χ4n) is 1.56. The van der Waals surface area contributed by atoms with Crippen molar-refractivity contribution in [2.75, 3.05) is 0 Å². The lowest BCUT2D eigenvalue weighted by atomic mass is 10.1. The van der Waals surface area contributed by atoms with E-state index >= 15 is 0 Å². The van der Waals surface area contributed by atoms with Gasteiger partial charge in [-0.3, -0.25) is 9.78 Å². The van der Waals surface area contributed by atoms with E-state index in [1.807, 2.05) is 36.4 Å². The first-order valence-corrected chi connectivity index (χ1v) is 5.06. The van der Waals surface area contributed by atoms with Crippen molar-refractivity contribution in [1.82, 2.24) is 4.98 Å². The Kier molecular flexibility index (Phi) is 2.96. The second-order valence-corrected chi connectivity index (χ2v) is 3.49. The third-order valence-corrected chi connectivity index (χ3v) is 2.30. The van der Waals surface area contributed by atoms with Crippen molar-refractivity contribution in [1.29, 1.82) is 0 Å². The molecule has 0 saturated heterocycles. The maximum absolute atomic E-state index is 10.6. The number of fused-ring (bicyclic) bond motifs is 1. The molecule has 0 aliphatic rings. The Morgan fingerprint density at radius 1 is 1.31 bits per heavy atom. The molecule has 0 fully saturated rings. The van der Waals surface area contributed by atoms with Crippen LogP contribution in [0, 0.1) is 0 Å². The standard InChI is InChI=1S/C13H12N2O/c14-13(16)7-3-6-12-11-5-2-1-4-10(11)8-9-15-12/h1-6,8-9H,7H2,(H2,14,16). The van der Waals surface area contributed by atoms with Crippen molar-refractivity contribution in [2.24, 2.45) is 5.73 Å². The summed E-state index contributed by atoms with van der Waals surface area (Å²) in [6.45, 7) is 0. The molecule has 0 radical (unpaired) electrons. The molecule has 0 aliphatic carbocycles. The fraction of sp³-hybridized carbons (Fsp3) is 0.0769. The predicted octanol–water partition coefficient (Wildman–Crippen LogP) is 2.12. The van der Waals surface area contributed by atoms with Crippen LogP contribution in [0.3, 0.4) is 0 Å². The first-order chi connectivity index (χ1) is 7.77. The number of carbonyl (C=O) groups is 1. The first-order valence-electron chi connectivity index (χ1n) is 5.06. The van der Waals surface area contributed by atoms with Gasteiger partial charge >= 0.3 is 0 Å². The summed E-state index contributed by atoms with van der Waals surface area (Å²) in [5.74, 6) is -0.337. The molecule has 0 spiro atoms. The van der Waals surface area contributed by atoms with E-state index < -0.39 is 0 Å². The lowest BCUT2D eigenvalue weighted by Crippen LogP contribution is -2.07. The smallest absolute Gasteiger partial charge is 0.221 e. The van der Waals surface area contributed by atoms with Crippen LogP contribution in [0.2, 0.25) is 0 Å². The zero-order valence-corrected chi connectivity index (χ0v) is 8.76. The molecule has 2 aromatic rings. The summed E-state index contributed by atoms with van der Waals surface area (Å²) in [5.41, 5.74) is 5.92. The van der Waals surface area contributed by atoms with E-state index in [2.05, 4.69) is 4.98 Å². The van der Waals surface area contributed by atoms with Gasteiger partial charge in [0, 0.05) is 18.0 Å². The molecule has 1 aromatic heterocycles. The fourth-order valence-corrected chi connectivity index (χ4v) is 1.56. The Labute approximate surface area is 93.6 Å². The number of nitrogens with two attached hydrogens (primary N) is 1. The second kappa shape index (κ2) is 4.57. The Bertz CT molecular complexity index is 541. The molecule has 1 heterocycles. The summed E-state index contributed by atoms with van der Waals surface area (Å²) in [5, 5.41) is 2.21. The highest BCUT2D eigenvalue weighted by atomic mass is 16.1. The molecular formula is C13H12N2O. The van der Waals surface area contributed by atoms with Gasteiger partial charge in [-0.25, -0.2) is 0 Å². The molecule has 0 aliphatic heterocycles. The van der Waals surface area contributed by atoms with Gasteiger partial charge in [0.2, 0.25) is 5.91 Å². The molecule has 3 nitrogen and oxygen atoms in total. The summed E-state index contributed by atoms with van der Waals surface area (Å²) in [7, 11) is 0. The minimum Gasteiger partial charge on any atom is -0.369 e. The number of nitrogens with zero attached hydrogens (tertiary/aromatic N) is 1. The molecule has 2 N–H and O–H groups in total. The summed E-state index contributed by atoms with van der Waals surface area (Å²) in [6.07, 6.45) is 5.56. The molecule has 0 bridgehead atoms. The van der Waals surface area contributed by atoms with Crippen LogP contribution >= 0.6 is 0 Å². The van der Waals surface area contributed by atoms with Gasteiger partial charge < -0.3 is 5.73 Å². The van der Waals surface area contributed by atoms with Crippen molar-refractivity contribution in [2.45, 2.75) is 6.42 Å². The van der Waals surface area contributed by atoms with Crippen molar-refractivity contribution in [3.63, 3.8) is 0 Å². The lowest BCUT2D eigenvalue weighted by molar-refractivity contribution is -0.117. The molecule has 1 amide bonds. The number of rotatable bonds is 3. The predicted molar refractivity (Wildman–Crippen MR) is 64.6 cm³/mol. The van der Waals surface area contributed by atoms with Crippen molar-refractivity contribution in [3.8, 4) is 0 Å². The van der Waals surface area contributed by atoms with Gasteiger partial charge in [-0.05, 0) is 17.5 Å². The van der Waals surface area contributed by atoms with E-state index in [9.17, 15) is 4.79 Å². The maximum atomic E-state index is 10.6. The number of carbonyl (C=O) groups excluding carboxylic acids is 1. The van der Waals surface area contributed by atoms with Crippen LogP contribution < -0.4 is 5.73 Å². The largest absolute Gasteiger partial charge is 0.369 e. The molecule has 80 valence electrons. The van der Waals surface area contributed by atoms with Crippen molar-refractivity contribution >= 4 is 22.8 Å². The van der Waals surface area contributed by atoms with Gasteiger partial charge in [0.15, 0.2) is 0 Å². The van der Waals surface area contributed by atoms with Gasteiger partial charge in [0.1, 0.15) is 0 Å². The lowest BCUT2D eigenvalue weighted by Gasteiger charge is -2.00. The van der Waals surface area contributed by atoms with E-state index in [1.165, 1.54) is 0 Å². The maximum Gasteiger partial charge on any atom is 0.221 e. The summed E-state index contributed by atoms with van der Waals surface area (Å²) < 4.78 is 0. The van der Waals surface area contributed by atoms with E-state index in [4.69, 9.17) is 5.73 Å². The van der Waals surface area contributed by atoms with Crippen LogP contribution in [0.1, 0.15) is 12.1 Å². The number of pyridine rings is 1. The number of primary amides is 1. The van der Waals surface area contributed by atoms with Crippen LogP contribution in [0.4, 0.5) is 0 Å². The Morgan fingerprint density at radius 2 is 2.12 bits per heavy atom. The number of hydrogen-bond donors (Lipinski definition) is 1. The van der Waals surface area contributed by atoms with Crippen LogP contribution in [-0.2, 0) is 4.79 Å². The Balaban J connectivity index is 2.37. The average Bonchev–Trinajstić information content (AvgIpc) is 2.29. The van der Waals surface area contributed by atoms with Crippen molar-refractivity contribution in [3.05, 3.63) is 48.3 Å². The zero-order chi connectivity index (χ0) is 11.4. The number of amides is 1. The van der Waals surface area contributed by atoms with Crippen LogP contribution in [0.15, 0.2) is 42.6 Å². The van der Waals surface area contributed by atoms with E-state index in [0.29, 0.717) is 0 Å². The quantitative estimate of drug-likeness (QED) is 0.847. The van der Waals surface area contributed by atoms with Gasteiger partial charge in [0.25, 0.3) is 0 Å². The van der Waals surface area contributed by atoms with E-state index in [0.717, 1.165) is 16.5 Å². The normalized spacial score (nSPS) is 11.0. The second-order valence-electron chi connectivity index (χ2n) is 3.49. The molecule has 16 heavy (non-hydrogen) atoms. The summed E-state index contributed by atoms with van der Waals surface area (Å²) in [6, 6.07) is 9.95.